The van der Waals surface area contributed by atoms with Crippen LogP contribution in [0.3, 0.4) is 0 Å². The number of aromatic nitrogens is 2. The molecule has 0 N–H and O–H groups in total. The monoisotopic (exact) mass is 178 g/mol. The van der Waals surface area contributed by atoms with Gasteiger partial charge in [-0.3, -0.25) is 0 Å². The van der Waals surface area contributed by atoms with Crippen LogP contribution in [-0.2, 0) is 0 Å². The molecule has 1 unspecified atom stereocenters. The zero-order valence-electron chi connectivity index (χ0n) is 5.49. The third-order valence-electron chi connectivity index (χ3n) is 0.942. The van der Waals surface area contributed by atoms with Crippen LogP contribution in [0.1, 0.15) is 18.1 Å². The quantitative estimate of drug-likeness (QED) is 0.617. The van der Waals surface area contributed by atoms with Crippen LogP contribution in [0.4, 0.5) is 0 Å². The zero-order valence-corrected chi connectivity index (χ0v) is 7.06. The molecule has 0 aliphatic rings. The molecule has 1 atom stereocenters. The molecule has 1 aromatic rings. The van der Waals surface area contributed by atoms with Gasteiger partial charge in [0.05, 0.1) is 5.38 Å². The number of hydrogen-bond donors (Lipinski definition) is 0. The SMILES string of the molecule is CC(Cl)c1ncccn1.Cl. The maximum absolute atomic E-state index is 5.68. The first kappa shape index (κ1) is 9.66. The van der Waals surface area contributed by atoms with Crippen molar-refractivity contribution < 1.29 is 0 Å². The van der Waals surface area contributed by atoms with E-state index >= 15 is 0 Å². The molecule has 0 aliphatic carbocycles. The zero-order chi connectivity index (χ0) is 6.69. The minimum atomic E-state index is -0.0915. The van der Waals surface area contributed by atoms with Gasteiger partial charge in [0.1, 0.15) is 5.82 Å². The van der Waals surface area contributed by atoms with Crippen molar-refractivity contribution in [2.45, 2.75) is 12.3 Å². The molecule has 0 aliphatic heterocycles. The predicted molar refractivity (Wildman–Crippen MR) is 43.5 cm³/mol. The van der Waals surface area contributed by atoms with E-state index in [1.165, 1.54) is 0 Å². The first-order valence-corrected chi connectivity index (χ1v) is 3.15. The van der Waals surface area contributed by atoms with Crippen molar-refractivity contribution in [3.8, 4) is 0 Å². The minimum absolute atomic E-state index is 0. The Morgan fingerprint density at radius 3 is 2.20 bits per heavy atom. The fourth-order valence-electron chi connectivity index (χ4n) is 0.516. The second kappa shape index (κ2) is 4.47. The maximum Gasteiger partial charge on any atom is 0.145 e. The Hall–Kier alpha value is -0.340. The fourth-order valence-corrected chi connectivity index (χ4v) is 0.629. The lowest BCUT2D eigenvalue weighted by molar-refractivity contribution is 0.910. The van der Waals surface area contributed by atoms with Crippen LogP contribution in [0.5, 0.6) is 0 Å². The first-order valence-electron chi connectivity index (χ1n) is 2.71. The summed E-state index contributed by atoms with van der Waals surface area (Å²) in [4.78, 5) is 7.87. The summed E-state index contributed by atoms with van der Waals surface area (Å²) >= 11 is 5.68. The van der Waals surface area contributed by atoms with E-state index in [9.17, 15) is 0 Å². The molecule has 0 amide bonds. The molecule has 0 radical (unpaired) electrons. The Morgan fingerprint density at radius 1 is 1.40 bits per heavy atom. The van der Waals surface area contributed by atoms with E-state index in [-0.39, 0.29) is 17.8 Å². The van der Waals surface area contributed by atoms with Gasteiger partial charge < -0.3 is 0 Å². The van der Waals surface area contributed by atoms with E-state index in [0.29, 0.717) is 5.82 Å². The Bertz CT molecular complexity index is 176. The normalized spacial score (nSPS) is 11.8. The third kappa shape index (κ3) is 2.50. The topological polar surface area (TPSA) is 25.8 Å². The van der Waals surface area contributed by atoms with E-state index < -0.39 is 0 Å². The Kier molecular flexibility index (Phi) is 4.32. The van der Waals surface area contributed by atoms with Gasteiger partial charge in [-0.2, -0.15) is 0 Å². The second-order valence-corrected chi connectivity index (χ2v) is 2.38. The smallest absolute Gasteiger partial charge is 0.145 e. The van der Waals surface area contributed by atoms with Crippen LogP contribution in [0.2, 0.25) is 0 Å². The van der Waals surface area contributed by atoms with E-state index in [2.05, 4.69) is 9.97 Å². The number of halogens is 2. The molecule has 0 aromatic carbocycles. The Balaban J connectivity index is 0.000000810. The van der Waals surface area contributed by atoms with E-state index in [1.807, 2.05) is 6.92 Å². The highest BCUT2D eigenvalue weighted by Gasteiger charge is 2.00. The average molecular weight is 179 g/mol. The summed E-state index contributed by atoms with van der Waals surface area (Å²) in [5.74, 6) is 0.680. The highest BCUT2D eigenvalue weighted by atomic mass is 35.5. The van der Waals surface area contributed by atoms with E-state index in [4.69, 9.17) is 11.6 Å². The van der Waals surface area contributed by atoms with Gasteiger partial charge in [0.15, 0.2) is 0 Å². The molecule has 10 heavy (non-hydrogen) atoms. The number of hydrogen-bond acceptors (Lipinski definition) is 2. The molecule has 4 heteroatoms. The third-order valence-corrected chi connectivity index (χ3v) is 1.14. The van der Waals surface area contributed by atoms with Crippen LogP contribution >= 0.6 is 24.0 Å². The summed E-state index contributed by atoms with van der Waals surface area (Å²) in [5, 5.41) is -0.0915. The summed E-state index contributed by atoms with van der Waals surface area (Å²) in [7, 11) is 0. The van der Waals surface area contributed by atoms with Crippen molar-refractivity contribution in [1.82, 2.24) is 9.97 Å². The van der Waals surface area contributed by atoms with Crippen molar-refractivity contribution in [3.05, 3.63) is 24.3 Å². The van der Waals surface area contributed by atoms with Crippen molar-refractivity contribution >= 4 is 24.0 Å². The summed E-state index contributed by atoms with van der Waals surface area (Å²) in [5.41, 5.74) is 0. The van der Waals surface area contributed by atoms with Crippen LogP contribution in [0, 0.1) is 0 Å². The lowest BCUT2D eigenvalue weighted by atomic mass is 10.4. The maximum atomic E-state index is 5.68. The molecule has 1 aromatic heterocycles. The van der Waals surface area contributed by atoms with Gasteiger partial charge in [0.2, 0.25) is 0 Å². The van der Waals surface area contributed by atoms with Gasteiger partial charge in [-0.15, -0.1) is 24.0 Å². The highest BCUT2D eigenvalue weighted by Crippen LogP contribution is 2.12. The van der Waals surface area contributed by atoms with Gasteiger partial charge >= 0.3 is 0 Å². The number of nitrogens with zero attached hydrogens (tertiary/aromatic N) is 2. The number of rotatable bonds is 1. The second-order valence-electron chi connectivity index (χ2n) is 1.72. The van der Waals surface area contributed by atoms with Crippen molar-refractivity contribution in [2.24, 2.45) is 0 Å². The largest absolute Gasteiger partial charge is 0.240 e. The highest BCUT2D eigenvalue weighted by molar-refractivity contribution is 6.20. The van der Waals surface area contributed by atoms with Crippen LogP contribution in [0.15, 0.2) is 18.5 Å². The van der Waals surface area contributed by atoms with Crippen LogP contribution in [-0.4, -0.2) is 9.97 Å². The summed E-state index contributed by atoms with van der Waals surface area (Å²) in [6, 6.07) is 1.77. The van der Waals surface area contributed by atoms with Gasteiger partial charge in [-0.25, -0.2) is 9.97 Å². The first-order chi connectivity index (χ1) is 4.30. The molecule has 0 fully saturated rings. The lowest BCUT2D eigenvalue weighted by Crippen LogP contribution is -1.91. The molecular weight excluding hydrogens is 171 g/mol. The standard InChI is InChI=1S/C6H7ClN2.ClH/c1-5(7)6-8-3-2-4-9-6;/h2-5H,1H3;1H. The average Bonchev–Trinajstić information content (AvgIpc) is 1.90. The molecule has 56 valence electrons. The molecule has 0 saturated heterocycles. The summed E-state index contributed by atoms with van der Waals surface area (Å²) in [6.07, 6.45) is 3.36. The molecule has 0 spiro atoms. The van der Waals surface area contributed by atoms with E-state index in [1.54, 1.807) is 18.5 Å². The fraction of sp³-hybridized carbons (Fsp3) is 0.333. The Morgan fingerprint density at radius 2 is 1.90 bits per heavy atom. The number of alkyl halides is 1. The predicted octanol–water partition coefficient (Wildman–Crippen LogP) is 2.20. The molecule has 1 heterocycles. The van der Waals surface area contributed by atoms with Crippen LogP contribution in [0.25, 0.3) is 0 Å². The molecule has 0 bridgehead atoms. The molecule has 0 saturated carbocycles. The van der Waals surface area contributed by atoms with Gasteiger partial charge in [-0.1, -0.05) is 0 Å². The van der Waals surface area contributed by atoms with Gasteiger partial charge in [0.25, 0.3) is 0 Å². The van der Waals surface area contributed by atoms with Crippen molar-refractivity contribution in [3.63, 3.8) is 0 Å². The Labute approximate surface area is 71.1 Å². The summed E-state index contributed by atoms with van der Waals surface area (Å²) in [6.45, 7) is 1.84. The molecule has 2 nitrogen and oxygen atoms in total. The van der Waals surface area contributed by atoms with E-state index in [0.717, 1.165) is 0 Å². The summed E-state index contributed by atoms with van der Waals surface area (Å²) < 4.78 is 0. The lowest BCUT2D eigenvalue weighted by Gasteiger charge is -1.96. The van der Waals surface area contributed by atoms with Gasteiger partial charge in [0, 0.05) is 12.4 Å². The van der Waals surface area contributed by atoms with Gasteiger partial charge in [-0.05, 0) is 13.0 Å². The molecule has 1 rings (SSSR count). The van der Waals surface area contributed by atoms with Crippen molar-refractivity contribution in [1.29, 1.82) is 0 Å². The van der Waals surface area contributed by atoms with Crippen molar-refractivity contribution in [2.75, 3.05) is 0 Å². The minimum Gasteiger partial charge on any atom is -0.240 e. The van der Waals surface area contributed by atoms with Crippen LogP contribution < -0.4 is 0 Å². The molecular formula is C6H8Cl2N2.